The zero-order chi connectivity index (χ0) is 27.2. The number of aryl methyl sites for hydroxylation is 2. The maximum atomic E-state index is 13.4. The molecule has 37 heavy (non-hydrogen) atoms. The Bertz CT molecular complexity index is 1500. The van der Waals surface area contributed by atoms with Crippen molar-refractivity contribution in [2.75, 3.05) is 18.1 Å². The minimum absolute atomic E-state index is 0.177. The quantitative estimate of drug-likeness (QED) is 0.364. The van der Waals surface area contributed by atoms with Crippen molar-refractivity contribution in [2.24, 2.45) is 24.8 Å². The number of nitrogens with zero attached hydrogens (tertiary/aromatic N) is 4. The number of fused-ring (bicyclic) bond motifs is 1. The van der Waals surface area contributed by atoms with E-state index in [0.29, 0.717) is 34.4 Å². The summed E-state index contributed by atoms with van der Waals surface area (Å²) in [6.45, 7) is 16.1. The first kappa shape index (κ1) is 26.5. The van der Waals surface area contributed by atoms with Gasteiger partial charge >= 0.3 is 5.97 Å². The molecule has 1 saturated carbocycles. The molecule has 0 amide bonds. The van der Waals surface area contributed by atoms with Crippen LogP contribution in [-0.4, -0.2) is 48.0 Å². The summed E-state index contributed by atoms with van der Waals surface area (Å²) in [5.41, 5.74) is 2.26. The molecule has 2 atom stereocenters. The molecule has 0 spiro atoms. The first-order valence-corrected chi connectivity index (χ1v) is 14.1. The van der Waals surface area contributed by atoms with Crippen molar-refractivity contribution in [2.45, 2.75) is 46.6 Å². The Labute approximate surface area is 217 Å². The molecule has 2 aromatic heterocycles. The first-order valence-electron chi connectivity index (χ1n) is 12.2. The molecular formula is C26H33N5O5S. The van der Waals surface area contributed by atoms with E-state index in [9.17, 15) is 13.2 Å². The van der Waals surface area contributed by atoms with Crippen molar-refractivity contribution >= 4 is 33.0 Å². The normalized spacial score (nSPS) is 22.0. The Morgan fingerprint density at radius 1 is 1.22 bits per heavy atom. The van der Waals surface area contributed by atoms with Crippen LogP contribution in [0.3, 0.4) is 0 Å². The molecular weight excluding hydrogens is 494 g/mol. The Hall–Kier alpha value is -3.52. The number of rotatable bonds is 6. The third-order valence-corrected chi connectivity index (χ3v) is 7.73. The first-order chi connectivity index (χ1) is 17.4. The second kappa shape index (κ2) is 9.74. The highest BCUT2D eigenvalue weighted by Gasteiger charge is 2.36. The van der Waals surface area contributed by atoms with Gasteiger partial charge in [0, 0.05) is 18.3 Å². The number of aromatic nitrogens is 3. The van der Waals surface area contributed by atoms with Crippen LogP contribution in [0.25, 0.3) is 21.9 Å². The zero-order valence-electron chi connectivity index (χ0n) is 22.2. The number of hydrogen-bond acceptors (Lipinski definition) is 6. The summed E-state index contributed by atoms with van der Waals surface area (Å²) in [5.74, 6) is 1.42. The maximum Gasteiger partial charge on any atom is 0.329 e. The Kier molecular flexibility index (Phi) is 6.99. The molecule has 11 heteroatoms. The Balaban J connectivity index is 1.76. The van der Waals surface area contributed by atoms with Crippen molar-refractivity contribution in [3.63, 3.8) is 0 Å². The van der Waals surface area contributed by atoms with E-state index in [1.54, 1.807) is 41.3 Å². The van der Waals surface area contributed by atoms with Gasteiger partial charge in [-0.25, -0.2) is 22.6 Å². The molecule has 0 radical (unpaired) electrons. The lowest BCUT2D eigenvalue weighted by molar-refractivity contribution is -0.0251. The third-order valence-electron chi connectivity index (χ3n) is 7.14. The van der Waals surface area contributed by atoms with Gasteiger partial charge in [0.2, 0.25) is 15.7 Å². The monoisotopic (exact) mass is 527 g/mol. The van der Waals surface area contributed by atoms with Crippen LogP contribution in [-0.2, 0) is 21.8 Å². The maximum absolute atomic E-state index is 13.4. The molecule has 1 aromatic carbocycles. The van der Waals surface area contributed by atoms with Gasteiger partial charge in [-0.2, -0.15) is 0 Å². The number of anilines is 1. The molecule has 198 valence electrons. The smallest absolute Gasteiger partial charge is 0.329 e. The van der Waals surface area contributed by atoms with Crippen LogP contribution in [0.1, 0.15) is 49.7 Å². The van der Waals surface area contributed by atoms with Crippen LogP contribution in [0.5, 0.6) is 5.75 Å². The Morgan fingerprint density at radius 2 is 1.86 bits per heavy atom. The SMILES string of the molecule is [C-]#[N+]c1c(C(=O)OC2C(C)CC(C)CC2C)c(C)n2nc(-c3ccc(OC)c(NS(C)(=O)=O)c3)n(C)c12. The van der Waals surface area contributed by atoms with Crippen LogP contribution in [0.15, 0.2) is 18.2 Å². The van der Waals surface area contributed by atoms with Crippen LogP contribution in [0, 0.1) is 31.2 Å². The van der Waals surface area contributed by atoms with E-state index < -0.39 is 16.0 Å². The highest BCUT2D eigenvalue weighted by atomic mass is 32.2. The molecule has 1 fully saturated rings. The van der Waals surface area contributed by atoms with Crippen molar-refractivity contribution in [1.82, 2.24) is 14.2 Å². The minimum Gasteiger partial charge on any atom is -0.495 e. The standard InChI is InChI=1S/C26H33N5O5S/c1-14-11-15(2)23(16(3)12-14)36-26(32)21-17(4)31-25(22(21)27-5)30(6)24(28-31)18-9-10-20(35-7)19(13-18)29-37(8,33)34/h9-10,13-16,23,29H,11-12H2,1-4,6-8H3. The van der Waals surface area contributed by atoms with Crippen molar-refractivity contribution in [1.29, 1.82) is 0 Å². The van der Waals surface area contributed by atoms with E-state index in [-0.39, 0.29) is 34.9 Å². The number of carbonyl (C=O) groups excluding carboxylic acids is 1. The summed E-state index contributed by atoms with van der Waals surface area (Å²) in [5, 5.41) is 4.68. The molecule has 0 bridgehead atoms. The molecule has 0 aliphatic heterocycles. The summed E-state index contributed by atoms with van der Waals surface area (Å²) < 4.78 is 40.7. The van der Waals surface area contributed by atoms with Crippen molar-refractivity contribution in [3.05, 3.63) is 40.9 Å². The predicted octanol–water partition coefficient (Wildman–Crippen LogP) is 4.81. The fourth-order valence-electron chi connectivity index (χ4n) is 5.67. The molecule has 1 aliphatic rings. The molecule has 2 heterocycles. The van der Waals surface area contributed by atoms with Gasteiger partial charge in [0.15, 0.2) is 5.82 Å². The molecule has 0 saturated heterocycles. The molecule has 3 aromatic rings. The van der Waals surface area contributed by atoms with Gasteiger partial charge < -0.3 is 14.0 Å². The Morgan fingerprint density at radius 3 is 2.43 bits per heavy atom. The number of hydrogen-bond donors (Lipinski definition) is 1. The van der Waals surface area contributed by atoms with Crippen LogP contribution in [0.4, 0.5) is 11.4 Å². The number of ether oxygens (including phenoxy) is 2. The highest BCUT2D eigenvalue weighted by Crippen LogP contribution is 2.39. The van der Waals surface area contributed by atoms with Gasteiger partial charge in [0.1, 0.15) is 17.5 Å². The number of sulfonamides is 1. The second-order valence-electron chi connectivity index (χ2n) is 10.2. The number of methoxy groups -OCH3 is 1. The molecule has 1 aliphatic carbocycles. The summed E-state index contributed by atoms with van der Waals surface area (Å²) >= 11 is 0. The van der Waals surface area contributed by atoms with Gasteiger partial charge in [-0.15, -0.1) is 5.10 Å². The lowest BCUT2D eigenvalue weighted by atomic mass is 9.75. The van der Waals surface area contributed by atoms with E-state index in [1.807, 2.05) is 0 Å². The number of nitrogens with one attached hydrogen (secondary N) is 1. The summed E-state index contributed by atoms with van der Waals surface area (Å²) in [6, 6.07) is 5.02. The number of carbonyl (C=O) groups is 1. The number of benzene rings is 1. The lowest BCUT2D eigenvalue weighted by Gasteiger charge is -2.37. The van der Waals surface area contributed by atoms with E-state index in [0.717, 1.165) is 19.1 Å². The van der Waals surface area contributed by atoms with E-state index in [1.165, 1.54) is 7.11 Å². The van der Waals surface area contributed by atoms with Gasteiger partial charge in [0.05, 0.1) is 31.2 Å². The summed E-state index contributed by atoms with van der Waals surface area (Å²) in [7, 11) is -0.338. The van der Waals surface area contributed by atoms with Crippen LogP contribution >= 0.6 is 0 Å². The van der Waals surface area contributed by atoms with Crippen molar-refractivity contribution in [3.8, 4) is 17.1 Å². The zero-order valence-corrected chi connectivity index (χ0v) is 23.0. The minimum atomic E-state index is -3.54. The van der Waals surface area contributed by atoms with Gasteiger partial charge in [-0.05, 0) is 55.7 Å². The molecule has 1 N–H and O–H groups in total. The summed E-state index contributed by atoms with van der Waals surface area (Å²) in [6.07, 6.45) is 2.86. The van der Waals surface area contributed by atoms with Gasteiger partial charge in [-0.1, -0.05) is 20.8 Å². The van der Waals surface area contributed by atoms with Gasteiger partial charge in [0.25, 0.3) is 0 Å². The average Bonchev–Trinajstić information content (AvgIpc) is 3.29. The molecule has 2 unspecified atom stereocenters. The van der Waals surface area contributed by atoms with Crippen LogP contribution < -0.4 is 9.46 Å². The average molecular weight is 528 g/mol. The fourth-order valence-corrected chi connectivity index (χ4v) is 6.23. The molecule has 4 rings (SSSR count). The fraction of sp³-hybridized carbons (Fsp3) is 0.500. The van der Waals surface area contributed by atoms with Crippen LogP contribution in [0.2, 0.25) is 0 Å². The highest BCUT2D eigenvalue weighted by molar-refractivity contribution is 7.92. The van der Waals surface area contributed by atoms with E-state index >= 15 is 0 Å². The predicted molar refractivity (Wildman–Crippen MR) is 142 cm³/mol. The van der Waals surface area contributed by atoms with Crippen molar-refractivity contribution < 1.29 is 22.7 Å². The van der Waals surface area contributed by atoms with Gasteiger partial charge in [-0.3, -0.25) is 4.72 Å². The second-order valence-corrected chi connectivity index (χ2v) is 12.0. The lowest BCUT2D eigenvalue weighted by Crippen LogP contribution is -2.37. The summed E-state index contributed by atoms with van der Waals surface area (Å²) in [4.78, 5) is 17.1. The third kappa shape index (κ3) is 4.90. The van der Waals surface area contributed by atoms with E-state index in [2.05, 4.69) is 35.4 Å². The van der Waals surface area contributed by atoms with E-state index in [4.69, 9.17) is 16.0 Å². The largest absolute Gasteiger partial charge is 0.495 e. The molecule has 10 nitrogen and oxygen atoms in total. The topological polar surface area (TPSA) is 108 Å². The number of esters is 1.